The van der Waals surface area contributed by atoms with Crippen LogP contribution in [0.5, 0.6) is 0 Å². The molecular weight excluding hydrogens is 286 g/mol. The third-order valence-electron chi connectivity index (χ3n) is 4.51. The monoisotopic (exact) mass is 305 g/mol. The van der Waals surface area contributed by atoms with E-state index >= 15 is 0 Å². The van der Waals surface area contributed by atoms with Crippen molar-refractivity contribution in [2.45, 2.75) is 45.4 Å². The van der Waals surface area contributed by atoms with Gasteiger partial charge in [-0.15, -0.1) is 0 Å². The van der Waals surface area contributed by atoms with Crippen LogP contribution >= 0.6 is 0 Å². The molecule has 0 aromatic carbocycles. The molecule has 1 spiro atoms. The second-order valence-electron chi connectivity index (χ2n) is 6.14. The minimum Gasteiger partial charge on any atom is -0.360 e. The maximum Gasteiger partial charge on any atom is 0.235 e. The van der Waals surface area contributed by atoms with Crippen molar-refractivity contribution in [2.24, 2.45) is 5.41 Å². The summed E-state index contributed by atoms with van der Waals surface area (Å²) in [7, 11) is 0. The van der Waals surface area contributed by atoms with Gasteiger partial charge in [0.1, 0.15) is 5.76 Å². The van der Waals surface area contributed by atoms with Gasteiger partial charge in [0.25, 0.3) is 0 Å². The van der Waals surface area contributed by atoms with Gasteiger partial charge in [0.15, 0.2) is 5.82 Å². The molecule has 0 bridgehead atoms. The van der Waals surface area contributed by atoms with Crippen molar-refractivity contribution >= 4 is 23.5 Å². The van der Waals surface area contributed by atoms with E-state index < -0.39 is 5.41 Å². The van der Waals surface area contributed by atoms with Crippen LogP contribution in [-0.2, 0) is 14.4 Å². The summed E-state index contributed by atoms with van der Waals surface area (Å²) < 4.78 is 4.86. The van der Waals surface area contributed by atoms with Crippen LogP contribution in [-0.4, -0.2) is 34.3 Å². The molecule has 2 aliphatic rings. The molecule has 2 heterocycles. The number of anilines is 1. The number of hydrogen-bond donors (Lipinski definition) is 1. The molecule has 3 amide bonds. The highest BCUT2D eigenvalue weighted by molar-refractivity contribution is 6.06. The fourth-order valence-electron chi connectivity index (χ4n) is 3.37. The Hall–Kier alpha value is -2.18. The minimum absolute atomic E-state index is 0.0689. The second kappa shape index (κ2) is 5.55. The maximum absolute atomic E-state index is 12.5. The maximum atomic E-state index is 12.5. The molecule has 7 heteroatoms. The van der Waals surface area contributed by atoms with E-state index in [1.54, 1.807) is 13.0 Å². The van der Waals surface area contributed by atoms with Gasteiger partial charge >= 0.3 is 0 Å². The number of amides is 3. The number of aromatic nitrogens is 1. The lowest BCUT2D eigenvalue weighted by Crippen LogP contribution is -2.36. The molecule has 0 radical (unpaired) electrons. The van der Waals surface area contributed by atoms with Gasteiger partial charge in [-0.1, -0.05) is 18.0 Å². The summed E-state index contributed by atoms with van der Waals surface area (Å²) in [6, 6.07) is 1.61. The molecule has 3 rings (SSSR count). The van der Waals surface area contributed by atoms with E-state index in [4.69, 9.17) is 4.52 Å². The molecule has 1 saturated heterocycles. The van der Waals surface area contributed by atoms with Gasteiger partial charge in [-0.05, 0) is 19.8 Å². The molecule has 7 nitrogen and oxygen atoms in total. The summed E-state index contributed by atoms with van der Waals surface area (Å²) in [4.78, 5) is 37.6. The zero-order valence-corrected chi connectivity index (χ0v) is 12.6. The van der Waals surface area contributed by atoms with Crippen LogP contribution in [0, 0.1) is 12.3 Å². The molecule has 2 fully saturated rings. The Morgan fingerprint density at radius 3 is 2.77 bits per heavy atom. The molecule has 118 valence electrons. The first-order valence-electron chi connectivity index (χ1n) is 7.58. The number of carbonyl (C=O) groups excluding carboxylic acids is 3. The summed E-state index contributed by atoms with van der Waals surface area (Å²) in [5.41, 5.74) is -0.475. The Morgan fingerprint density at radius 2 is 2.14 bits per heavy atom. The largest absolute Gasteiger partial charge is 0.360 e. The van der Waals surface area contributed by atoms with E-state index in [9.17, 15) is 14.4 Å². The summed E-state index contributed by atoms with van der Waals surface area (Å²) in [6.07, 6.45) is 3.95. The summed E-state index contributed by atoms with van der Waals surface area (Å²) >= 11 is 0. The van der Waals surface area contributed by atoms with Crippen LogP contribution in [0.2, 0.25) is 0 Å². The van der Waals surface area contributed by atoms with Crippen molar-refractivity contribution in [3.05, 3.63) is 11.8 Å². The molecule has 1 aromatic rings. The van der Waals surface area contributed by atoms with Crippen LogP contribution in [0.4, 0.5) is 5.82 Å². The molecule has 0 atom stereocenters. The highest BCUT2D eigenvalue weighted by Crippen LogP contribution is 2.46. The lowest BCUT2D eigenvalue weighted by molar-refractivity contribution is -0.141. The van der Waals surface area contributed by atoms with E-state index in [0.29, 0.717) is 18.0 Å². The smallest absolute Gasteiger partial charge is 0.235 e. The molecule has 1 aliphatic heterocycles. The first kappa shape index (κ1) is 14.7. The van der Waals surface area contributed by atoms with E-state index in [1.807, 2.05) is 0 Å². The van der Waals surface area contributed by atoms with Crippen molar-refractivity contribution in [3.63, 3.8) is 0 Å². The lowest BCUT2D eigenvalue weighted by Gasteiger charge is -2.20. The summed E-state index contributed by atoms with van der Waals surface area (Å²) in [5.74, 6) is 0.399. The molecule has 1 N–H and O–H groups in total. The second-order valence-corrected chi connectivity index (χ2v) is 6.14. The van der Waals surface area contributed by atoms with Gasteiger partial charge in [0.05, 0.1) is 5.41 Å². The first-order chi connectivity index (χ1) is 10.5. The van der Waals surface area contributed by atoms with Crippen molar-refractivity contribution in [2.75, 3.05) is 11.9 Å². The molecule has 1 aliphatic carbocycles. The number of hydrogen-bond acceptors (Lipinski definition) is 5. The normalized spacial score (nSPS) is 20.1. The van der Waals surface area contributed by atoms with Gasteiger partial charge < -0.3 is 9.84 Å². The van der Waals surface area contributed by atoms with Gasteiger partial charge in [0.2, 0.25) is 17.7 Å². The number of rotatable bonds is 4. The van der Waals surface area contributed by atoms with Crippen LogP contribution in [0.25, 0.3) is 0 Å². The van der Waals surface area contributed by atoms with Gasteiger partial charge in [0, 0.05) is 25.5 Å². The lowest BCUT2D eigenvalue weighted by atomic mass is 9.84. The van der Waals surface area contributed by atoms with Crippen molar-refractivity contribution in [3.8, 4) is 0 Å². The number of aryl methyl sites for hydroxylation is 1. The predicted octanol–water partition coefficient (Wildman–Crippen LogP) is 1.63. The summed E-state index contributed by atoms with van der Waals surface area (Å²) in [6.45, 7) is 1.85. The number of nitrogens with zero attached hydrogens (tertiary/aromatic N) is 2. The van der Waals surface area contributed by atoms with Gasteiger partial charge in [-0.3, -0.25) is 19.3 Å². The van der Waals surface area contributed by atoms with Crippen molar-refractivity contribution < 1.29 is 18.9 Å². The van der Waals surface area contributed by atoms with E-state index in [0.717, 1.165) is 25.7 Å². The Balaban J connectivity index is 1.56. The number of likely N-dealkylation sites (tertiary alicyclic amines) is 1. The highest BCUT2D eigenvalue weighted by atomic mass is 16.5. The fraction of sp³-hybridized carbons (Fsp3) is 0.600. The van der Waals surface area contributed by atoms with Crippen LogP contribution in [0.1, 0.15) is 44.3 Å². The van der Waals surface area contributed by atoms with E-state index in [2.05, 4.69) is 10.5 Å². The molecule has 1 aromatic heterocycles. The van der Waals surface area contributed by atoms with Crippen molar-refractivity contribution in [1.29, 1.82) is 0 Å². The van der Waals surface area contributed by atoms with Crippen molar-refractivity contribution in [1.82, 2.24) is 10.1 Å². The van der Waals surface area contributed by atoms with Crippen LogP contribution < -0.4 is 5.32 Å². The number of carbonyl (C=O) groups is 3. The van der Waals surface area contributed by atoms with Gasteiger partial charge in [-0.25, -0.2) is 0 Å². The van der Waals surface area contributed by atoms with E-state index in [1.165, 1.54) is 4.90 Å². The fourth-order valence-corrected chi connectivity index (χ4v) is 3.37. The highest BCUT2D eigenvalue weighted by Gasteiger charge is 2.52. The Bertz CT molecular complexity index is 616. The molecule has 0 unspecified atom stereocenters. The van der Waals surface area contributed by atoms with Crippen LogP contribution in [0.3, 0.4) is 0 Å². The molecule has 22 heavy (non-hydrogen) atoms. The zero-order chi connectivity index (χ0) is 15.7. The predicted molar refractivity (Wildman–Crippen MR) is 76.7 cm³/mol. The standard InChI is InChI=1S/C15H19N3O4/c1-10-8-11(17-22-10)16-12(19)4-7-18-13(20)9-15(14(18)21)5-2-3-6-15/h8H,2-7,9H2,1H3,(H,16,17,19). The molecular formula is C15H19N3O4. The van der Waals surface area contributed by atoms with E-state index in [-0.39, 0.29) is 30.7 Å². The Morgan fingerprint density at radius 1 is 1.41 bits per heavy atom. The quantitative estimate of drug-likeness (QED) is 0.853. The third kappa shape index (κ3) is 2.63. The Kier molecular flexibility index (Phi) is 3.72. The average molecular weight is 305 g/mol. The van der Waals surface area contributed by atoms with Gasteiger partial charge in [-0.2, -0.15) is 0 Å². The molecule has 1 saturated carbocycles. The minimum atomic E-state index is -0.475. The SMILES string of the molecule is Cc1cc(NC(=O)CCN2C(=O)CC3(CCCC3)C2=O)no1. The number of imide groups is 1. The topological polar surface area (TPSA) is 92.5 Å². The Labute approximate surface area is 128 Å². The zero-order valence-electron chi connectivity index (χ0n) is 12.6. The van der Waals surface area contributed by atoms with Crippen LogP contribution in [0.15, 0.2) is 10.6 Å². The third-order valence-corrected chi connectivity index (χ3v) is 4.51. The summed E-state index contributed by atoms with van der Waals surface area (Å²) in [5, 5.41) is 6.25. The first-order valence-corrected chi connectivity index (χ1v) is 7.58. The number of nitrogens with one attached hydrogen (secondary N) is 1. The average Bonchev–Trinajstić information content (AvgIpc) is 3.13.